The van der Waals surface area contributed by atoms with Crippen molar-refractivity contribution in [3.05, 3.63) is 0 Å². The molecule has 0 amide bonds. The number of hydrogen-bond donors (Lipinski definition) is 1. The Morgan fingerprint density at radius 1 is 1.12 bits per heavy atom. The quantitative estimate of drug-likeness (QED) is 0.744. The average molecular weight is 226 g/mol. The minimum atomic E-state index is -0.247. The predicted molar refractivity (Wildman–Crippen MR) is 60.0 cm³/mol. The topological polar surface area (TPSA) is 38.7 Å². The van der Waals surface area contributed by atoms with Gasteiger partial charge in [-0.15, -0.1) is 0 Å². The maximum atomic E-state index is 9.27. The summed E-state index contributed by atoms with van der Waals surface area (Å²) in [5.74, 6) is 0.277. The van der Waals surface area contributed by atoms with Gasteiger partial charge in [0.25, 0.3) is 0 Å². The van der Waals surface area contributed by atoms with E-state index in [1.54, 1.807) is 0 Å². The van der Waals surface area contributed by atoms with Gasteiger partial charge in [0.05, 0.1) is 13.2 Å². The van der Waals surface area contributed by atoms with Crippen molar-refractivity contribution in [2.24, 2.45) is 11.3 Å². The van der Waals surface area contributed by atoms with Gasteiger partial charge < -0.3 is 14.6 Å². The largest absolute Gasteiger partial charge is 0.396 e. The van der Waals surface area contributed by atoms with Crippen LogP contribution in [0.1, 0.15) is 44.9 Å². The summed E-state index contributed by atoms with van der Waals surface area (Å²) in [5, 5.41) is 9.27. The lowest BCUT2D eigenvalue weighted by atomic mass is 9.70. The summed E-state index contributed by atoms with van der Waals surface area (Å²) in [4.78, 5) is 0. The molecule has 0 radical (unpaired) electrons. The van der Waals surface area contributed by atoms with Crippen molar-refractivity contribution in [2.75, 3.05) is 19.8 Å². The lowest BCUT2D eigenvalue weighted by Crippen LogP contribution is -2.41. The highest BCUT2D eigenvalue weighted by Crippen LogP contribution is 2.55. The Kier molecular flexibility index (Phi) is 2.73. The Hall–Kier alpha value is -0.120. The molecule has 1 N–H and O–H groups in total. The van der Waals surface area contributed by atoms with E-state index in [-0.39, 0.29) is 5.79 Å². The second-order valence-electron chi connectivity index (χ2n) is 5.93. The summed E-state index contributed by atoms with van der Waals surface area (Å²) in [6, 6.07) is 0. The van der Waals surface area contributed by atoms with Gasteiger partial charge in [0.1, 0.15) is 0 Å². The van der Waals surface area contributed by atoms with Gasteiger partial charge in [0.2, 0.25) is 0 Å². The highest BCUT2D eigenvalue weighted by Gasteiger charge is 2.50. The third-order valence-electron chi connectivity index (χ3n) is 4.79. The second-order valence-corrected chi connectivity index (χ2v) is 5.93. The van der Waals surface area contributed by atoms with Crippen LogP contribution in [0.4, 0.5) is 0 Å². The lowest BCUT2D eigenvalue weighted by molar-refractivity contribution is -0.201. The molecule has 92 valence electrons. The molecule has 0 aromatic carbocycles. The summed E-state index contributed by atoms with van der Waals surface area (Å²) in [5.41, 5.74) is 0.413. The first-order chi connectivity index (χ1) is 7.76. The van der Waals surface area contributed by atoms with Crippen LogP contribution < -0.4 is 0 Å². The smallest absolute Gasteiger partial charge is 0.169 e. The fourth-order valence-electron chi connectivity index (χ4n) is 4.09. The van der Waals surface area contributed by atoms with E-state index in [0.717, 1.165) is 26.1 Å². The van der Waals surface area contributed by atoms with E-state index in [1.165, 1.54) is 32.1 Å². The minimum absolute atomic E-state index is 0.247. The first kappa shape index (κ1) is 11.0. The zero-order valence-electron chi connectivity index (χ0n) is 9.91. The van der Waals surface area contributed by atoms with Crippen LogP contribution in [0, 0.1) is 11.3 Å². The highest BCUT2D eigenvalue weighted by molar-refractivity contribution is 4.97. The third-order valence-corrected chi connectivity index (χ3v) is 4.79. The van der Waals surface area contributed by atoms with E-state index < -0.39 is 0 Å². The van der Waals surface area contributed by atoms with Crippen LogP contribution in [0.2, 0.25) is 0 Å². The van der Waals surface area contributed by atoms with Gasteiger partial charge >= 0.3 is 0 Å². The zero-order valence-corrected chi connectivity index (χ0v) is 9.91. The molecule has 1 heterocycles. The van der Waals surface area contributed by atoms with Crippen LogP contribution in [-0.4, -0.2) is 30.7 Å². The van der Waals surface area contributed by atoms with Gasteiger partial charge in [-0.25, -0.2) is 0 Å². The molecule has 3 fully saturated rings. The maximum Gasteiger partial charge on any atom is 0.169 e. The van der Waals surface area contributed by atoms with Crippen molar-refractivity contribution in [1.29, 1.82) is 0 Å². The summed E-state index contributed by atoms with van der Waals surface area (Å²) >= 11 is 0. The first-order valence-corrected chi connectivity index (χ1v) is 6.65. The molecule has 0 bridgehead atoms. The average Bonchev–Trinajstić information content (AvgIpc) is 2.87. The van der Waals surface area contributed by atoms with Crippen LogP contribution in [0.25, 0.3) is 0 Å². The van der Waals surface area contributed by atoms with Crippen LogP contribution in [0.5, 0.6) is 0 Å². The lowest BCUT2D eigenvalue weighted by Gasteiger charge is -2.43. The van der Waals surface area contributed by atoms with Crippen molar-refractivity contribution in [1.82, 2.24) is 0 Å². The van der Waals surface area contributed by atoms with Crippen LogP contribution in [-0.2, 0) is 9.47 Å². The molecule has 3 aliphatic rings. The monoisotopic (exact) mass is 226 g/mol. The van der Waals surface area contributed by atoms with Gasteiger partial charge in [0, 0.05) is 19.4 Å². The molecule has 1 aliphatic heterocycles. The third kappa shape index (κ3) is 1.79. The number of hydrogen-bond acceptors (Lipinski definition) is 3. The minimum Gasteiger partial charge on any atom is -0.396 e. The highest BCUT2D eigenvalue weighted by atomic mass is 16.7. The molecule has 16 heavy (non-hydrogen) atoms. The Bertz CT molecular complexity index is 260. The maximum absolute atomic E-state index is 9.27. The SMILES string of the molecule is OC[C@H]1CC[C@@]2(CCCC3(C2)OCCO3)C1. The second kappa shape index (κ2) is 3.97. The van der Waals surface area contributed by atoms with Crippen LogP contribution >= 0.6 is 0 Å². The number of ether oxygens (including phenoxy) is 2. The molecular weight excluding hydrogens is 204 g/mol. The van der Waals surface area contributed by atoms with Crippen molar-refractivity contribution >= 4 is 0 Å². The first-order valence-electron chi connectivity index (χ1n) is 6.65. The summed E-state index contributed by atoms with van der Waals surface area (Å²) in [6.07, 6.45) is 8.28. The molecule has 1 saturated heterocycles. The van der Waals surface area contributed by atoms with E-state index >= 15 is 0 Å². The van der Waals surface area contributed by atoms with Gasteiger partial charge in [-0.2, -0.15) is 0 Å². The fourth-order valence-corrected chi connectivity index (χ4v) is 4.09. The predicted octanol–water partition coefficient (Wildman–Crippen LogP) is 2.08. The van der Waals surface area contributed by atoms with Gasteiger partial charge in [-0.3, -0.25) is 0 Å². The van der Waals surface area contributed by atoms with E-state index in [1.807, 2.05) is 0 Å². The normalized spacial score (nSPS) is 42.2. The van der Waals surface area contributed by atoms with E-state index in [0.29, 0.717) is 17.9 Å². The van der Waals surface area contributed by atoms with Crippen LogP contribution in [0.15, 0.2) is 0 Å². The number of rotatable bonds is 1. The molecule has 0 unspecified atom stereocenters. The number of aliphatic hydroxyl groups excluding tert-OH is 1. The van der Waals surface area contributed by atoms with Crippen molar-refractivity contribution in [2.45, 2.75) is 50.7 Å². The molecule has 0 aromatic rings. The molecular formula is C13H22O3. The molecule has 3 nitrogen and oxygen atoms in total. The van der Waals surface area contributed by atoms with E-state index in [4.69, 9.17) is 9.47 Å². The van der Waals surface area contributed by atoms with E-state index in [9.17, 15) is 5.11 Å². The van der Waals surface area contributed by atoms with Crippen LogP contribution in [0.3, 0.4) is 0 Å². The summed E-state index contributed by atoms with van der Waals surface area (Å²) < 4.78 is 11.7. The standard InChI is InChI=1S/C13H22O3/c14-9-11-2-5-12(8-11)3-1-4-13(10-12)15-6-7-16-13/h11,14H,1-10H2/t11-,12-/m0/s1. The Labute approximate surface area is 97.1 Å². The van der Waals surface area contributed by atoms with Crippen molar-refractivity contribution in [3.63, 3.8) is 0 Å². The number of aliphatic hydroxyl groups is 1. The Balaban J connectivity index is 1.72. The van der Waals surface area contributed by atoms with Crippen molar-refractivity contribution < 1.29 is 14.6 Å². The summed E-state index contributed by atoms with van der Waals surface area (Å²) in [7, 11) is 0. The van der Waals surface area contributed by atoms with Gasteiger partial charge in [-0.1, -0.05) is 0 Å². The summed E-state index contributed by atoms with van der Waals surface area (Å²) in [6.45, 7) is 1.88. The molecule has 2 atom stereocenters. The Morgan fingerprint density at radius 3 is 2.62 bits per heavy atom. The molecule has 3 rings (SSSR count). The Morgan fingerprint density at radius 2 is 1.94 bits per heavy atom. The fraction of sp³-hybridized carbons (Fsp3) is 1.00. The van der Waals surface area contributed by atoms with E-state index in [2.05, 4.69) is 0 Å². The molecule has 2 saturated carbocycles. The van der Waals surface area contributed by atoms with Crippen molar-refractivity contribution in [3.8, 4) is 0 Å². The molecule has 2 spiro atoms. The van der Waals surface area contributed by atoms with Gasteiger partial charge in [-0.05, 0) is 43.4 Å². The molecule has 0 aromatic heterocycles. The molecule has 3 heteroatoms. The zero-order chi connectivity index (χ0) is 11.1. The van der Waals surface area contributed by atoms with Gasteiger partial charge in [0.15, 0.2) is 5.79 Å². The molecule has 2 aliphatic carbocycles.